The lowest BCUT2D eigenvalue weighted by Crippen LogP contribution is -2.20. The number of ether oxygens (including phenoxy) is 1. The number of rotatable bonds is 3. The summed E-state index contributed by atoms with van der Waals surface area (Å²) in [5.74, 6) is -0.956. The molecule has 1 atom stereocenters. The molecule has 0 amide bonds. The van der Waals surface area contributed by atoms with E-state index in [2.05, 4.69) is 5.32 Å². The first-order chi connectivity index (χ1) is 7.68. The highest BCUT2D eigenvalue weighted by molar-refractivity contribution is 5.85. The molecule has 0 aromatic heterocycles. The molecule has 1 aromatic rings. The van der Waals surface area contributed by atoms with Crippen LogP contribution in [0, 0.1) is 15.9 Å². The Morgan fingerprint density at radius 3 is 2.88 bits per heavy atom. The Morgan fingerprint density at radius 1 is 1.53 bits per heavy atom. The molecule has 2 rings (SSSR count). The Hall–Kier alpha value is -1.40. The van der Waals surface area contributed by atoms with Gasteiger partial charge in [-0.05, 0) is 19.0 Å². The lowest BCUT2D eigenvalue weighted by molar-refractivity contribution is -0.386. The number of nitrogens with one attached hydrogen (secondary N) is 1. The predicted molar refractivity (Wildman–Crippen MR) is 62.2 cm³/mol. The van der Waals surface area contributed by atoms with Crippen molar-refractivity contribution in [1.29, 1.82) is 0 Å². The fraction of sp³-hybridized carbons (Fsp3) is 0.400. The monoisotopic (exact) mass is 262 g/mol. The zero-order chi connectivity index (χ0) is 11.5. The molecular weight excluding hydrogens is 251 g/mol. The van der Waals surface area contributed by atoms with E-state index in [0.29, 0.717) is 6.54 Å². The molecule has 0 aliphatic carbocycles. The number of nitro benzene ring substituents is 1. The van der Waals surface area contributed by atoms with Crippen molar-refractivity contribution in [2.24, 2.45) is 0 Å². The maximum Gasteiger partial charge on any atom is 0.314 e. The minimum Gasteiger partial charge on any atom is -0.480 e. The van der Waals surface area contributed by atoms with E-state index in [1.807, 2.05) is 0 Å². The molecule has 1 fully saturated rings. The van der Waals surface area contributed by atoms with E-state index in [0.717, 1.165) is 19.0 Å². The third-order valence-electron chi connectivity index (χ3n) is 2.44. The maximum absolute atomic E-state index is 13.4. The van der Waals surface area contributed by atoms with E-state index in [9.17, 15) is 14.5 Å². The SMILES string of the molecule is Cl.O=[N+]([O-])c1cccc(F)c1O[C@H]1CCNC1. The summed E-state index contributed by atoms with van der Waals surface area (Å²) < 4.78 is 18.7. The minimum atomic E-state index is -0.693. The van der Waals surface area contributed by atoms with Gasteiger partial charge >= 0.3 is 5.69 Å². The topological polar surface area (TPSA) is 64.4 Å². The molecule has 1 N–H and O–H groups in total. The second-order valence-electron chi connectivity index (χ2n) is 3.58. The predicted octanol–water partition coefficient (Wildman–Crippen LogP) is 1.90. The Labute approximate surface area is 104 Å². The van der Waals surface area contributed by atoms with Gasteiger partial charge in [0.15, 0.2) is 5.82 Å². The molecule has 0 radical (unpaired) electrons. The van der Waals surface area contributed by atoms with Gasteiger partial charge in [-0.25, -0.2) is 4.39 Å². The molecule has 94 valence electrons. The summed E-state index contributed by atoms with van der Waals surface area (Å²) in [6, 6.07) is 3.69. The number of hydrogen-bond donors (Lipinski definition) is 1. The highest BCUT2D eigenvalue weighted by Gasteiger charge is 2.24. The highest BCUT2D eigenvalue weighted by Crippen LogP contribution is 2.31. The lowest BCUT2D eigenvalue weighted by Gasteiger charge is -2.12. The van der Waals surface area contributed by atoms with Crippen LogP contribution in [0.1, 0.15) is 6.42 Å². The average molecular weight is 263 g/mol. The van der Waals surface area contributed by atoms with Crippen molar-refractivity contribution in [1.82, 2.24) is 5.32 Å². The first-order valence-electron chi connectivity index (χ1n) is 4.99. The summed E-state index contributed by atoms with van der Waals surface area (Å²) in [6.45, 7) is 1.37. The molecular formula is C10H12ClFN2O3. The summed E-state index contributed by atoms with van der Waals surface area (Å²) in [6.07, 6.45) is 0.529. The molecule has 0 spiro atoms. The maximum atomic E-state index is 13.4. The third kappa shape index (κ3) is 3.04. The summed E-state index contributed by atoms with van der Waals surface area (Å²) in [5, 5.41) is 13.7. The van der Waals surface area contributed by atoms with E-state index >= 15 is 0 Å². The summed E-state index contributed by atoms with van der Waals surface area (Å²) in [4.78, 5) is 10.1. The molecule has 0 saturated carbocycles. The summed E-state index contributed by atoms with van der Waals surface area (Å²) in [7, 11) is 0. The highest BCUT2D eigenvalue weighted by atomic mass is 35.5. The first-order valence-corrected chi connectivity index (χ1v) is 4.99. The second kappa shape index (κ2) is 5.79. The van der Waals surface area contributed by atoms with Crippen molar-refractivity contribution >= 4 is 18.1 Å². The van der Waals surface area contributed by atoms with Gasteiger partial charge in [0.05, 0.1) is 4.92 Å². The number of hydrogen-bond acceptors (Lipinski definition) is 4. The number of nitrogens with zero attached hydrogens (tertiary/aromatic N) is 1. The van der Waals surface area contributed by atoms with Crippen LogP contribution in [0.5, 0.6) is 5.75 Å². The molecule has 1 aromatic carbocycles. The minimum absolute atomic E-state index is 0. The number of benzene rings is 1. The molecule has 1 aliphatic rings. The van der Waals surface area contributed by atoms with Crippen LogP contribution in [0.4, 0.5) is 10.1 Å². The fourth-order valence-corrected chi connectivity index (χ4v) is 1.65. The van der Waals surface area contributed by atoms with E-state index in [-0.39, 0.29) is 29.9 Å². The van der Waals surface area contributed by atoms with Gasteiger partial charge in [-0.1, -0.05) is 6.07 Å². The van der Waals surface area contributed by atoms with Gasteiger partial charge in [0.2, 0.25) is 5.75 Å². The van der Waals surface area contributed by atoms with Gasteiger partial charge < -0.3 is 10.1 Å². The van der Waals surface area contributed by atoms with Crippen LogP contribution >= 0.6 is 12.4 Å². The lowest BCUT2D eigenvalue weighted by atomic mass is 10.2. The average Bonchev–Trinajstić information content (AvgIpc) is 2.73. The van der Waals surface area contributed by atoms with Gasteiger partial charge in [0, 0.05) is 12.6 Å². The van der Waals surface area contributed by atoms with Crippen LogP contribution in [0.2, 0.25) is 0 Å². The van der Waals surface area contributed by atoms with Crippen molar-refractivity contribution in [3.8, 4) is 5.75 Å². The second-order valence-corrected chi connectivity index (χ2v) is 3.58. The van der Waals surface area contributed by atoms with Gasteiger partial charge in [0.25, 0.3) is 0 Å². The van der Waals surface area contributed by atoms with Crippen LogP contribution in [0.3, 0.4) is 0 Å². The molecule has 1 aliphatic heterocycles. The van der Waals surface area contributed by atoms with Crippen molar-refractivity contribution in [2.75, 3.05) is 13.1 Å². The Bertz CT molecular complexity index is 411. The first kappa shape index (κ1) is 13.7. The van der Waals surface area contributed by atoms with Crippen molar-refractivity contribution in [2.45, 2.75) is 12.5 Å². The molecule has 0 unspecified atom stereocenters. The number of para-hydroxylation sites is 1. The van der Waals surface area contributed by atoms with Gasteiger partial charge in [-0.2, -0.15) is 0 Å². The van der Waals surface area contributed by atoms with Crippen LogP contribution in [0.15, 0.2) is 18.2 Å². The van der Waals surface area contributed by atoms with Crippen LogP contribution in [-0.2, 0) is 0 Å². The quantitative estimate of drug-likeness (QED) is 0.667. The van der Waals surface area contributed by atoms with E-state index in [4.69, 9.17) is 4.74 Å². The smallest absolute Gasteiger partial charge is 0.314 e. The number of halogens is 2. The largest absolute Gasteiger partial charge is 0.480 e. The van der Waals surface area contributed by atoms with Crippen molar-refractivity contribution < 1.29 is 14.1 Å². The molecule has 7 heteroatoms. The van der Waals surface area contributed by atoms with Gasteiger partial charge in [0.1, 0.15) is 6.10 Å². The van der Waals surface area contributed by atoms with Crippen molar-refractivity contribution in [3.05, 3.63) is 34.1 Å². The van der Waals surface area contributed by atoms with Crippen LogP contribution in [-0.4, -0.2) is 24.1 Å². The van der Waals surface area contributed by atoms with Crippen molar-refractivity contribution in [3.63, 3.8) is 0 Å². The van der Waals surface area contributed by atoms with Gasteiger partial charge in [-0.3, -0.25) is 10.1 Å². The van der Waals surface area contributed by atoms with Crippen LogP contribution < -0.4 is 10.1 Å². The summed E-state index contributed by atoms with van der Waals surface area (Å²) in [5.41, 5.74) is -0.327. The van der Waals surface area contributed by atoms with E-state index in [1.54, 1.807) is 0 Å². The van der Waals surface area contributed by atoms with E-state index in [1.165, 1.54) is 12.1 Å². The number of nitro groups is 1. The fourth-order valence-electron chi connectivity index (χ4n) is 1.65. The zero-order valence-electron chi connectivity index (χ0n) is 8.89. The Kier molecular flexibility index (Phi) is 4.65. The molecule has 1 saturated heterocycles. The molecule has 0 bridgehead atoms. The van der Waals surface area contributed by atoms with Gasteiger partial charge in [-0.15, -0.1) is 12.4 Å². The normalized spacial score (nSPS) is 18.5. The Balaban J connectivity index is 0.00000144. The summed E-state index contributed by atoms with van der Waals surface area (Å²) >= 11 is 0. The van der Waals surface area contributed by atoms with E-state index < -0.39 is 10.7 Å². The molecule has 17 heavy (non-hydrogen) atoms. The van der Waals surface area contributed by atoms with Crippen LogP contribution in [0.25, 0.3) is 0 Å². The third-order valence-corrected chi connectivity index (χ3v) is 2.44. The molecule has 1 heterocycles. The standard InChI is InChI=1S/C10H11FN2O3.ClH/c11-8-2-1-3-9(13(14)15)10(8)16-7-4-5-12-6-7;/h1-3,7,12H,4-6H2;1H/t7-;/m0./s1. The zero-order valence-corrected chi connectivity index (χ0v) is 9.71. The molecule has 5 nitrogen and oxygen atoms in total. The Morgan fingerprint density at radius 2 is 2.29 bits per heavy atom.